The van der Waals surface area contributed by atoms with Crippen LogP contribution in [0.3, 0.4) is 0 Å². The van der Waals surface area contributed by atoms with Gasteiger partial charge in [0.15, 0.2) is 0 Å². The summed E-state index contributed by atoms with van der Waals surface area (Å²) in [6.45, 7) is 1.82. The van der Waals surface area contributed by atoms with Crippen LogP contribution in [0, 0.1) is 0 Å². The fourth-order valence-electron chi connectivity index (χ4n) is 2.19. The topological polar surface area (TPSA) is 66.9 Å². The number of halogens is 1. The molecule has 2 aromatic carbocycles. The van der Waals surface area contributed by atoms with E-state index in [1.807, 2.05) is 49.4 Å². The standard InChI is InChI=1S/C17H15BrN4O/c1-2-16(23)21-12-4-3-5-13(9-12)22-17-14-8-11(18)6-7-15(14)19-10-20-17/h3-10H,2H2,1H3,(H,21,23)(H,19,20,22). The summed E-state index contributed by atoms with van der Waals surface area (Å²) in [5.41, 5.74) is 2.46. The summed E-state index contributed by atoms with van der Waals surface area (Å²) in [5, 5.41) is 7.05. The number of nitrogens with one attached hydrogen (secondary N) is 2. The van der Waals surface area contributed by atoms with Crippen LogP contribution in [0.5, 0.6) is 0 Å². The lowest BCUT2D eigenvalue weighted by atomic mass is 10.2. The zero-order valence-electron chi connectivity index (χ0n) is 12.5. The highest BCUT2D eigenvalue weighted by Crippen LogP contribution is 2.26. The van der Waals surface area contributed by atoms with Crippen LogP contribution in [-0.2, 0) is 4.79 Å². The molecule has 0 saturated heterocycles. The van der Waals surface area contributed by atoms with Crippen LogP contribution >= 0.6 is 15.9 Å². The Morgan fingerprint density at radius 1 is 1.13 bits per heavy atom. The largest absolute Gasteiger partial charge is 0.340 e. The summed E-state index contributed by atoms with van der Waals surface area (Å²) in [6.07, 6.45) is 1.98. The summed E-state index contributed by atoms with van der Waals surface area (Å²) in [7, 11) is 0. The van der Waals surface area contributed by atoms with Crippen LogP contribution in [0.15, 0.2) is 53.3 Å². The molecule has 0 atom stereocenters. The first kappa shape index (κ1) is 15.4. The molecule has 23 heavy (non-hydrogen) atoms. The van der Waals surface area contributed by atoms with Crippen LogP contribution in [0.25, 0.3) is 10.9 Å². The zero-order valence-corrected chi connectivity index (χ0v) is 14.1. The molecule has 1 aromatic heterocycles. The number of carbonyl (C=O) groups excluding carboxylic acids is 1. The molecule has 116 valence electrons. The van der Waals surface area contributed by atoms with E-state index in [1.54, 1.807) is 0 Å². The van der Waals surface area contributed by atoms with Crippen molar-refractivity contribution in [2.45, 2.75) is 13.3 Å². The minimum Gasteiger partial charge on any atom is -0.340 e. The summed E-state index contributed by atoms with van der Waals surface area (Å²) >= 11 is 3.47. The van der Waals surface area contributed by atoms with Gasteiger partial charge >= 0.3 is 0 Å². The molecular weight excluding hydrogens is 356 g/mol. The van der Waals surface area contributed by atoms with Crippen molar-refractivity contribution in [1.82, 2.24) is 9.97 Å². The third kappa shape index (κ3) is 3.65. The Morgan fingerprint density at radius 3 is 2.78 bits per heavy atom. The van der Waals surface area contributed by atoms with Crippen molar-refractivity contribution in [3.63, 3.8) is 0 Å². The maximum atomic E-state index is 11.5. The van der Waals surface area contributed by atoms with E-state index >= 15 is 0 Å². The van der Waals surface area contributed by atoms with Gasteiger partial charge in [-0.3, -0.25) is 4.79 Å². The van der Waals surface area contributed by atoms with Gasteiger partial charge in [0, 0.05) is 27.7 Å². The van der Waals surface area contributed by atoms with Crippen molar-refractivity contribution < 1.29 is 4.79 Å². The second-order valence-corrected chi connectivity index (χ2v) is 5.91. The Hall–Kier alpha value is -2.47. The summed E-state index contributed by atoms with van der Waals surface area (Å²) in [6, 6.07) is 13.4. The summed E-state index contributed by atoms with van der Waals surface area (Å²) in [5.74, 6) is 0.703. The van der Waals surface area contributed by atoms with E-state index in [2.05, 4.69) is 36.5 Å². The van der Waals surface area contributed by atoms with E-state index in [-0.39, 0.29) is 5.91 Å². The van der Waals surface area contributed by atoms with Crippen LogP contribution in [-0.4, -0.2) is 15.9 Å². The van der Waals surface area contributed by atoms with E-state index in [0.717, 1.165) is 32.6 Å². The molecule has 0 spiro atoms. The van der Waals surface area contributed by atoms with Crippen molar-refractivity contribution in [2.75, 3.05) is 10.6 Å². The molecule has 0 aliphatic rings. The van der Waals surface area contributed by atoms with E-state index in [0.29, 0.717) is 6.42 Å². The van der Waals surface area contributed by atoms with Crippen molar-refractivity contribution in [1.29, 1.82) is 0 Å². The maximum absolute atomic E-state index is 11.5. The summed E-state index contributed by atoms with van der Waals surface area (Å²) in [4.78, 5) is 20.1. The highest BCUT2D eigenvalue weighted by Gasteiger charge is 2.06. The Balaban J connectivity index is 1.92. The molecule has 1 amide bonds. The van der Waals surface area contributed by atoms with Gasteiger partial charge in [-0.05, 0) is 36.4 Å². The fourth-order valence-corrected chi connectivity index (χ4v) is 2.55. The first-order valence-corrected chi connectivity index (χ1v) is 8.02. The average Bonchev–Trinajstić information content (AvgIpc) is 2.55. The first-order chi connectivity index (χ1) is 11.2. The van der Waals surface area contributed by atoms with Crippen LogP contribution in [0.2, 0.25) is 0 Å². The number of anilines is 3. The highest BCUT2D eigenvalue weighted by atomic mass is 79.9. The van der Waals surface area contributed by atoms with Gasteiger partial charge in [-0.15, -0.1) is 0 Å². The van der Waals surface area contributed by atoms with E-state index in [9.17, 15) is 4.79 Å². The van der Waals surface area contributed by atoms with Gasteiger partial charge in [0.05, 0.1) is 5.52 Å². The number of rotatable bonds is 4. The van der Waals surface area contributed by atoms with Gasteiger partial charge in [-0.2, -0.15) is 0 Å². The van der Waals surface area contributed by atoms with Gasteiger partial charge < -0.3 is 10.6 Å². The highest BCUT2D eigenvalue weighted by molar-refractivity contribution is 9.10. The van der Waals surface area contributed by atoms with E-state index in [4.69, 9.17) is 0 Å². The molecule has 0 fully saturated rings. The number of hydrogen-bond donors (Lipinski definition) is 2. The van der Waals surface area contributed by atoms with Crippen LogP contribution in [0.1, 0.15) is 13.3 Å². The Bertz CT molecular complexity index is 866. The molecule has 0 unspecified atom stereocenters. The number of benzene rings is 2. The number of carbonyl (C=O) groups is 1. The summed E-state index contributed by atoms with van der Waals surface area (Å²) < 4.78 is 0.965. The molecule has 0 saturated carbocycles. The van der Waals surface area contributed by atoms with E-state index in [1.165, 1.54) is 6.33 Å². The predicted molar refractivity (Wildman–Crippen MR) is 95.9 cm³/mol. The van der Waals surface area contributed by atoms with Crippen molar-refractivity contribution in [3.05, 3.63) is 53.3 Å². The molecule has 6 heteroatoms. The van der Waals surface area contributed by atoms with Crippen molar-refractivity contribution in [3.8, 4) is 0 Å². The van der Waals surface area contributed by atoms with Gasteiger partial charge in [-0.25, -0.2) is 9.97 Å². The minimum atomic E-state index is -0.0152. The monoisotopic (exact) mass is 370 g/mol. The number of nitrogens with zero attached hydrogens (tertiary/aromatic N) is 2. The third-order valence-electron chi connectivity index (χ3n) is 3.33. The molecule has 5 nitrogen and oxygen atoms in total. The average molecular weight is 371 g/mol. The lowest BCUT2D eigenvalue weighted by Gasteiger charge is -2.10. The third-order valence-corrected chi connectivity index (χ3v) is 3.82. The molecule has 0 aliphatic heterocycles. The van der Waals surface area contributed by atoms with Crippen molar-refractivity contribution >= 4 is 49.9 Å². The van der Waals surface area contributed by atoms with Gasteiger partial charge in [-0.1, -0.05) is 28.9 Å². The number of aromatic nitrogens is 2. The van der Waals surface area contributed by atoms with E-state index < -0.39 is 0 Å². The molecule has 0 radical (unpaired) electrons. The number of fused-ring (bicyclic) bond motifs is 1. The lowest BCUT2D eigenvalue weighted by Crippen LogP contribution is -2.09. The number of amides is 1. The first-order valence-electron chi connectivity index (χ1n) is 7.23. The van der Waals surface area contributed by atoms with Gasteiger partial charge in [0.2, 0.25) is 5.91 Å². The molecule has 0 aliphatic carbocycles. The minimum absolute atomic E-state index is 0.0152. The molecule has 2 N–H and O–H groups in total. The Kier molecular flexibility index (Phi) is 4.52. The SMILES string of the molecule is CCC(=O)Nc1cccc(Nc2ncnc3ccc(Br)cc23)c1. The Morgan fingerprint density at radius 2 is 1.96 bits per heavy atom. The molecule has 3 rings (SSSR count). The van der Waals surface area contributed by atoms with Gasteiger partial charge in [0.1, 0.15) is 12.1 Å². The van der Waals surface area contributed by atoms with Gasteiger partial charge in [0.25, 0.3) is 0 Å². The normalized spacial score (nSPS) is 10.5. The van der Waals surface area contributed by atoms with Crippen LogP contribution in [0.4, 0.5) is 17.2 Å². The smallest absolute Gasteiger partial charge is 0.224 e. The predicted octanol–water partition coefficient (Wildman–Crippen LogP) is 4.48. The van der Waals surface area contributed by atoms with Crippen molar-refractivity contribution in [2.24, 2.45) is 0 Å². The van der Waals surface area contributed by atoms with Crippen LogP contribution < -0.4 is 10.6 Å². The maximum Gasteiger partial charge on any atom is 0.224 e. The number of hydrogen-bond acceptors (Lipinski definition) is 4. The second kappa shape index (κ2) is 6.75. The molecule has 1 heterocycles. The molecular formula is C17H15BrN4O. The molecule has 0 bridgehead atoms. The second-order valence-electron chi connectivity index (χ2n) is 4.99. The zero-order chi connectivity index (χ0) is 16.2. The Labute approximate surface area is 142 Å². The lowest BCUT2D eigenvalue weighted by molar-refractivity contribution is -0.115. The fraction of sp³-hybridized carbons (Fsp3) is 0.118. The molecule has 3 aromatic rings. The quantitative estimate of drug-likeness (QED) is 0.710.